The van der Waals surface area contributed by atoms with Gasteiger partial charge in [-0.1, -0.05) is 184 Å². The lowest BCUT2D eigenvalue weighted by Crippen LogP contribution is -2.64. The lowest BCUT2D eigenvalue weighted by atomic mass is 9.85. The van der Waals surface area contributed by atoms with Gasteiger partial charge in [0.05, 0.1) is 13.2 Å². The van der Waals surface area contributed by atoms with Crippen molar-refractivity contribution in [2.24, 2.45) is 0 Å². The van der Waals surface area contributed by atoms with Crippen LogP contribution in [0.1, 0.15) is 187 Å². The Labute approximate surface area is 381 Å². The van der Waals surface area contributed by atoms with E-state index in [-0.39, 0.29) is 13.0 Å². The predicted octanol–water partition coefficient (Wildman–Crippen LogP) is 10.6. The Hall–Kier alpha value is -1.96. The molecule has 1 fully saturated rings. The number of aliphatic hydroxyl groups is 5. The van der Waals surface area contributed by atoms with Gasteiger partial charge < -0.3 is 39.9 Å². The first kappa shape index (κ1) is 59.1. The molecule has 0 aromatic carbocycles. The molecule has 63 heavy (non-hydrogen) atoms. The quantitative estimate of drug-likeness (QED) is 0.0147. The molecule has 0 aromatic heterocycles. The van der Waals surface area contributed by atoms with Crippen molar-refractivity contribution in [1.29, 1.82) is 0 Å². The van der Waals surface area contributed by atoms with Crippen LogP contribution in [-0.4, -0.2) is 98.9 Å². The standard InChI is InChI=1S/C50H89O12P/c1-3-5-7-9-11-13-15-17-19-21-22-23-25-27-29-31-33-35-37-39-44(51)61-43(42-60-63(57,58)62-50-48(55)46(53)45(52)47(54)49(50)56)41-59-40-38-36-34-32-30-28-26-24-20-18-16-14-12-10-8-6-4-2/h5,7,11,13,17,19,22-23,27,29,43,45-50,52-56H,3-4,6,8-10,12,14-16,18,20-21,24-26,28,30-42H2,1-2H3,(H,57,58)/b7-5-,13-11-,19-17-,23-22-,29-27-. The molecule has 0 bridgehead atoms. The highest BCUT2D eigenvalue weighted by molar-refractivity contribution is 7.47. The predicted molar refractivity (Wildman–Crippen MR) is 253 cm³/mol. The van der Waals surface area contributed by atoms with E-state index in [1.165, 1.54) is 89.9 Å². The molecule has 0 heterocycles. The average molecular weight is 913 g/mol. The minimum atomic E-state index is -5.03. The maximum atomic E-state index is 12.8. The second-order valence-corrected chi connectivity index (χ2v) is 18.3. The van der Waals surface area contributed by atoms with Crippen LogP contribution in [0.3, 0.4) is 0 Å². The summed E-state index contributed by atoms with van der Waals surface area (Å²) in [5.74, 6) is -0.507. The second kappa shape index (κ2) is 40.3. The van der Waals surface area contributed by atoms with Gasteiger partial charge in [-0.25, -0.2) is 4.57 Å². The topological polar surface area (TPSA) is 192 Å². The van der Waals surface area contributed by atoms with Crippen molar-refractivity contribution in [3.05, 3.63) is 60.8 Å². The highest BCUT2D eigenvalue weighted by Crippen LogP contribution is 2.47. The number of unbranched alkanes of at least 4 members (excludes halogenated alkanes) is 19. The number of phosphoric ester groups is 1. The van der Waals surface area contributed by atoms with E-state index < -0.39 is 63.1 Å². The van der Waals surface area contributed by atoms with Crippen molar-refractivity contribution >= 4 is 13.8 Å². The van der Waals surface area contributed by atoms with Gasteiger partial charge in [0.25, 0.3) is 0 Å². The van der Waals surface area contributed by atoms with Crippen LogP contribution in [0, 0.1) is 0 Å². The van der Waals surface area contributed by atoms with E-state index in [9.17, 15) is 39.8 Å². The van der Waals surface area contributed by atoms with Crippen LogP contribution < -0.4 is 0 Å². The molecular weight excluding hydrogens is 824 g/mol. The third-order valence-electron chi connectivity index (χ3n) is 11.2. The molecule has 1 aliphatic carbocycles. The van der Waals surface area contributed by atoms with E-state index in [4.69, 9.17) is 18.5 Å². The summed E-state index contributed by atoms with van der Waals surface area (Å²) in [5, 5.41) is 50.2. The Kier molecular flexibility index (Phi) is 37.8. The van der Waals surface area contributed by atoms with E-state index in [0.717, 1.165) is 70.6 Å². The first-order chi connectivity index (χ1) is 30.5. The largest absolute Gasteiger partial charge is 0.472 e. The molecule has 12 nitrogen and oxygen atoms in total. The van der Waals surface area contributed by atoms with Crippen LogP contribution in [0.15, 0.2) is 60.8 Å². The number of allylic oxidation sites excluding steroid dienone is 10. The van der Waals surface area contributed by atoms with Gasteiger partial charge in [0, 0.05) is 13.0 Å². The summed E-state index contributed by atoms with van der Waals surface area (Å²) in [5.41, 5.74) is 0. The first-order valence-corrected chi connectivity index (χ1v) is 26.1. The SMILES string of the molecule is CC/C=C\C/C=C\C/C=C\C/C=C\C/C=C\CCCCCC(=O)OC(COCCCCCCCCCCCCCCCCCCC)COP(=O)(O)OC1C(O)C(O)C(O)C(O)C1O. The highest BCUT2D eigenvalue weighted by atomic mass is 31.2. The van der Waals surface area contributed by atoms with Crippen LogP contribution in [0.5, 0.6) is 0 Å². The van der Waals surface area contributed by atoms with Crippen molar-refractivity contribution in [3.63, 3.8) is 0 Å². The molecule has 0 amide bonds. The molecule has 6 unspecified atom stereocenters. The summed E-state index contributed by atoms with van der Waals surface area (Å²) in [6.45, 7) is 4.12. The number of ether oxygens (including phenoxy) is 2. The summed E-state index contributed by atoms with van der Waals surface area (Å²) >= 11 is 0. The number of aliphatic hydroxyl groups excluding tert-OH is 5. The summed E-state index contributed by atoms with van der Waals surface area (Å²) in [7, 11) is -5.03. The molecule has 1 rings (SSSR count). The third kappa shape index (κ3) is 32.4. The van der Waals surface area contributed by atoms with E-state index in [2.05, 4.69) is 74.6 Å². The van der Waals surface area contributed by atoms with Gasteiger partial charge in [-0.2, -0.15) is 0 Å². The van der Waals surface area contributed by atoms with Gasteiger partial charge in [0.1, 0.15) is 42.7 Å². The van der Waals surface area contributed by atoms with Crippen molar-refractivity contribution in [1.82, 2.24) is 0 Å². The van der Waals surface area contributed by atoms with E-state index >= 15 is 0 Å². The minimum Gasteiger partial charge on any atom is -0.457 e. The fraction of sp³-hybridized carbons (Fsp3) is 0.780. The number of hydrogen-bond acceptors (Lipinski definition) is 11. The number of carbonyl (C=O) groups is 1. The molecule has 1 aliphatic rings. The minimum absolute atomic E-state index is 0.0903. The van der Waals surface area contributed by atoms with Crippen molar-refractivity contribution < 1.29 is 58.3 Å². The van der Waals surface area contributed by atoms with E-state index in [1.807, 2.05) is 0 Å². The monoisotopic (exact) mass is 913 g/mol. The molecule has 0 aliphatic heterocycles. The molecule has 6 N–H and O–H groups in total. The Bertz CT molecular complexity index is 1270. The van der Waals surface area contributed by atoms with Gasteiger partial charge >= 0.3 is 13.8 Å². The lowest BCUT2D eigenvalue weighted by molar-refractivity contribution is -0.220. The van der Waals surface area contributed by atoms with Gasteiger partial charge in [0.15, 0.2) is 0 Å². The van der Waals surface area contributed by atoms with E-state index in [0.29, 0.717) is 13.0 Å². The average Bonchev–Trinajstić information content (AvgIpc) is 3.27. The zero-order chi connectivity index (χ0) is 46.2. The Morgan fingerprint density at radius 1 is 0.524 bits per heavy atom. The van der Waals surface area contributed by atoms with Gasteiger partial charge in [-0.15, -0.1) is 0 Å². The maximum absolute atomic E-state index is 12.8. The molecule has 366 valence electrons. The zero-order valence-electron chi connectivity index (χ0n) is 39.1. The number of phosphoric acid groups is 1. The number of carbonyl (C=O) groups excluding carboxylic acids is 1. The first-order valence-electron chi connectivity index (χ1n) is 24.6. The molecular formula is C50H89O12P. The van der Waals surface area contributed by atoms with Gasteiger partial charge in [0.2, 0.25) is 0 Å². The van der Waals surface area contributed by atoms with Crippen LogP contribution in [0.2, 0.25) is 0 Å². The summed E-state index contributed by atoms with van der Waals surface area (Å²) in [4.78, 5) is 23.2. The molecule has 6 atom stereocenters. The number of hydrogen-bond donors (Lipinski definition) is 6. The van der Waals surface area contributed by atoms with Crippen LogP contribution in [0.25, 0.3) is 0 Å². The molecule has 1 saturated carbocycles. The second-order valence-electron chi connectivity index (χ2n) is 16.9. The van der Waals surface area contributed by atoms with Crippen molar-refractivity contribution in [2.45, 2.75) is 230 Å². The van der Waals surface area contributed by atoms with Crippen molar-refractivity contribution in [2.75, 3.05) is 19.8 Å². The summed E-state index contributed by atoms with van der Waals surface area (Å²) < 4.78 is 34.2. The molecule has 0 aromatic rings. The van der Waals surface area contributed by atoms with E-state index in [1.54, 1.807) is 0 Å². The number of esters is 1. The molecule has 0 spiro atoms. The fourth-order valence-electron chi connectivity index (χ4n) is 7.26. The van der Waals surface area contributed by atoms with Gasteiger partial charge in [-0.3, -0.25) is 13.8 Å². The van der Waals surface area contributed by atoms with Crippen molar-refractivity contribution in [3.8, 4) is 0 Å². The zero-order valence-corrected chi connectivity index (χ0v) is 40.0. The van der Waals surface area contributed by atoms with Crippen LogP contribution in [-0.2, 0) is 27.9 Å². The summed E-state index contributed by atoms with van der Waals surface area (Å²) in [6.07, 6.45) is 38.6. The maximum Gasteiger partial charge on any atom is 0.472 e. The Morgan fingerprint density at radius 2 is 0.937 bits per heavy atom. The Balaban J connectivity index is 2.40. The number of rotatable bonds is 41. The smallest absolute Gasteiger partial charge is 0.457 e. The highest BCUT2D eigenvalue weighted by Gasteiger charge is 2.51. The third-order valence-corrected chi connectivity index (χ3v) is 12.1. The van der Waals surface area contributed by atoms with Gasteiger partial charge in [-0.05, 0) is 57.8 Å². The fourth-order valence-corrected chi connectivity index (χ4v) is 8.24. The molecule has 13 heteroatoms. The lowest BCUT2D eigenvalue weighted by Gasteiger charge is -2.41. The Morgan fingerprint density at radius 3 is 1.41 bits per heavy atom. The van der Waals surface area contributed by atoms with Crippen LogP contribution >= 0.6 is 7.82 Å². The normalized spacial score (nSPS) is 22.3. The molecule has 0 saturated heterocycles. The summed E-state index contributed by atoms with van der Waals surface area (Å²) in [6, 6.07) is 0. The van der Waals surface area contributed by atoms with Crippen LogP contribution in [0.4, 0.5) is 0 Å². The molecule has 0 radical (unpaired) electrons.